The third kappa shape index (κ3) is 2.98. The maximum absolute atomic E-state index is 4.80. The van der Waals surface area contributed by atoms with Gasteiger partial charge < -0.3 is 4.57 Å². The van der Waals surface area contributed by atoms with Crippen molar-refractivity contribution in [1.29, 1.82) is 0 Å². The van der Waals surface area contributed by atoms with Crippen LogP contribution in [0.4, 0.5) is 5.69 Å². The monoisotopic (exact) mass is 294 g/mol. The quantitative estimate of drug-likeness (QED) is 0.661. The van der Waals surface area contributed by atoms with Gasteiger partial charge >= 0.3 is 0 Å². The van der Waals surface area contributed by atoms with Crippen LogP contribution in [0.5, 0.6) is 0 Å². The van der Waals surface area contributed by atoms with E-state index in [1.807, 2.05) is 6.07 Å². The molecule has 0 aliphatic heterocycles. The first kappa shape index (κ1) is 13.8. The number of aryl methyl sites for hydroxylation is 1. The number of nitrogens with zero attached hydrogens (tertiary/aromatic N) is 2. The van der Waals surface area contributed by atoms with Crippen LogP contribution in [-0.2, 0) is 6.54 Å². The molecule has 1 aromatic heterocycles. The molecule has 2 nitrogen and oxygen atoms in total. The van der Waals surface area contributed by atoms with Crippen LogP contribution >= 0.6 is 11.3 Å². The third-order valence-corrected chi connectivity index (χ3v) is 4.27. The van der Waals surface area contributed by atoms with Crippen molar-refractivity contribution in [2.24, 2.45) is 4.99 Å². The molecule has 0 unspecified atom stereocenters. The van der Waals surface area contributed by atoms with Crippen LogP contribution in [0.15, 0.2) is 65.0 Å². The zero-order valence-electron chi connectivity index (χ0n) is 12.3. The summed E-state index contributed by atoms with van der Waals surface area (Å²) in [6.07, 6.45) is 0. The molecule has 106 valence electrons. The van der Waals surface area contributed by atoms with E-state index in [0.29, 0.717) is 0 Å². The van der Waals surface area contributed by atoms with Crippen molar-refractivity contribution in [1.82, 2.24) is 4.57 Å². The standard InChI is InChI=1S/C18H18N2S/c1-3-20-17(15-9-5-4-6-10-15)13-21-18(20)19-16-11-7-8-14(2)12-16/h4-13H,3H2,1-2H3. The Morgan fingerprint density at radius 3 is 2.57 bits per heavy atom. The molecule has 0 radical (unpaired) electrons. The predicted octanol–water partition coefficient (Wildman–Crippen LogP) is 4.78. The van der Waals surface area contributed by atoms with E-state index in [-0.39, 0.29) is 0 Å². The molecule has 0 aliphatic rings. The highest BCUT2D eigenvalue weighted by Gasteiger charge is 2.06. The number of hydrogen-bond acceptors (Lipinski definition) is 2. The Balaban J connectivity index is 2.11. The Bertz CT molecular complexity index is 797. The molecule has 0 saturated heterocycles. The minimum Gasteiger partial charge on any atom is -0.317 e. The van der Waals surface area contributed by atoms with Gasteiger partial charge in [0.15, 0.2) is 4.80 Å². The SMILES string of the molecule is CCn1c(-c2ccccc2)csc1=Nc1cccc(C)c1. The molecule has 1 heterocycles. The van der Waals surface area contributed by atoms with E-state index in [0.717, 1.165) is 17.0 Å². The average Bonchev–Trinajstić information content (AvgIpc) is 2.91. The second kappa shape index (κ2) is 6.10. The number of benzene rings is 2. The Labute approximate surface area is 129 Å². The van der Waals surface area contributed by atoms with Crippen molar-refractivity contribution in [2.45, 2.75) is 20.4 Å². The van der Waals surface area contributed by atoms with Crippen molar-refractivity contribution in [3.8, 4) is 11.3 Å². The molecule has 0 aliphatic carbocycles. The molecule has 0 bridgehead atoms. The molecule has 0 atom stereocenters. The average molecular weight is 294 g/mol. The van der Waals surface area contributed by atoms with Crippen molar-refractivity contribution in [3.63, 3.8) is 0 Å². The molecule has 0 amide bonds. The minimum atomic E-state index is 0.915. The lowest BCUT2D eigenvalue weighted by molar-refractivity contribution is 0.745. The van der Waals surface area contributed by atoms with Gasteiger partial charge in [-0.15, -0.1) is 11.3 Å². The number of thiazole rings is 1. The van der Waals surface area contributed by atoms with E-state index in [9.17, 15) is 0 Å². The van der Waals surface area contributed by atoms with Gasteiger partial charge in [0.1, 0.15) is 0 Å². The summed E-state index contributed by atoms with van der Waals surface area (Å²) >= 11 is 1.69. The van der Waals surface area contributed by atoms with Crippen LogP contribution in [0.1, 0.15) is 12.5 Å². The van der Waals surface area contributed by atoms with Gasteiger partial charge in [0, 0.05) is 11.9 Å². The van der Waals surface area contributed by atoms with Crippen LogP contribution in [0.25, 0.3) is 11.3 Å². The highest BCUT2D eigenvalue weighted by Crippen LogP contribution is 2.20. The molecule has 3 heteroatoms. The van der Waals surface area contributed by atoms with Gasteiger partial charge in [-0.05, 0) is 37.1 Å². The van der Waals surface area contributed by atoms with Gasteiger partial charge in [-0.25, -0.2) is 4.99 Å². The van der Waals surface area contributed by atoms with Gasteiger partial charge in [0.05, 0.1) is 11.4 Å². The lowest BCUT2D eigenvalue weighted by Gasteiger charge is -2.05. The second-order valence-electron chi connectivity index (χ2n) is 4.96. The maximum Gasteiger partial charge on any atom is 0.190 e. The molecule has 3 rings (SSSR count). The van der Waals surface area contributed by atoms with Crippen LogP contribution in [0, 0.1) is 6.92 Å². The molecular weight excluding hydrogens is 276 g/mol. The molecular formula is C18H18N2S. The largest absolute Gasteiger partial charge is 0.317 e. The van der Waals surface area contributed by atoms with E-state index in [4.69, 9.17) is 4.99 Å². The molecule has 0 spiro atoms. The lowest BCUT2D eigenvalue weighted by Crippen LogP contribution is -2.14. The zero-order valence-corrected chi connectivity index (χ0v) is 13.1. The first-order valence-corrected chi connectivity index (χ1v) is 8.01. The topological polar surface area (TPSA) is 17.3 Å². The van der Waals surface area contributed by atoms with Crippen molar-refractivity contribution in [2.75, 3.05) is 0 Å². The third-order valence-electron chi connectivity index (χ3n) is 3.41. The zero-order chi connectivity index (χ0) is 14.7. The van der Waals surface area contributed by atoms with E-state index >= 15 is 0 Å². The van der Waals surface area contributed by atoms with Gasteiger partial charge in [-0.1, -0.05) is 42.5 Å². The summed E-state index contributed by atoms with van der Waals surface area (Å²) in [5.74, 6) is 0. The van der Waals surface area contributed by atoms with Crippen LogP contribution < -0.4 is 4.80 Å². The fourth-order valence-corrected chi connectivity index (χ4v) is 3.37. The maximum atomic E-state index is 4.80. The molecule has 0 saturated carbocycles. The first-order valence-electron chi connectivity index (χ1n) is 7.13. The Morgan fingerprint density at radius 1 is 1.05 bits per heavy atom. The number of hydrogen-bond donors (Lipinski definition) is 0. The van der Waals surface area contributed by atoms with Gasteiger partial charge in [-0.3, -0.25) is 0 Å². The highest BCUT2D eigenvalue weighted by atomic mass is 32.1. The van der Waals surface area contributed by atoms with E-state index in [2.05, 4.69) is 72.3 Å². The summed E-state index contributed by atoms with van der Waals surface area (Å²) in [6.45, 7) is 5.17. The van der Waals surface area contributed by atoms with Crippen molar-refractivity contribution < 1.29 is 0 Å². The summed E-state index contributed by atoms with van der Waals surface area (Å²) < 4.78 is 2.27. The Kier molecular flexibility index (Phi) is 4.02. The van der Waals surface area contributed by atoms with Crippen LogP contribution in [0.2, 0.25) is 0 Å². The van der Waals surface area contributed by atoms with E-state index < -0.39 is 0 Å². The van der Waals surface area contributed by atoms with Crippen LogP contribution in [-0.4, -0.2) is 4.57 Å². The predicted molar refractivity (Wildman–Crippen MR) is 89.8 cm³/mol. The van der Waals surface area contributed by atoms with Gasteiger partial charge in [0.2, 0.25) is 0 Å². The Morgan fingerprint density at radius 2 is 1.86 bits per heavy atom. The van der Waals surface area contributed by atoms with E-state index in [1.54, 1.807) is 11.3 Å². The number of rotatable bonds is 3. The normalized spacial score (nSPS) is 11.8. The summed E-state index contributed by atoms with van der Waals surface area (Å²) in [5, 5.41) is 2.19. The summed E-state index contributed by atoms with van der Waals surface area (Å²) in [5.41, 5.74) is 4.72. The highest BCUT2D eigenvalue weighted by molar-refractivity contribution is 7.07. The smallest absolute Gasteiger partial charge is 0.190 e. The summed E-state index contributed by atoms with van der Waals surface area (Å²) in [6, 6.07) is 18.8. The van der Waals surface area contributed by atoms with Crippen LogP contribution in [0.3, 0.4) is 0 Å². The summed E-state index contributed by atoms with van der Waals surface area (Å²) in [7, 11) is 0. The fourth-order valence-electron chi connectivity index (χ4n) is 2.37. The molecule has 21 heavy (non-hydrogen) atoms. The lowest BCUT2D eigenvalue weighted by atomic mass is 10.2. The minimum absolute atomic E-state index is 0.915. The molecule has 0 N–H and O–H groups in total. The van der Waals surface area contributed by atoms with Gasteiger partial charge in [-0.2, -0.15) is 0 Å². The van der Waals surface area contributed by atoms with Gasteiger partial charge in [0.25, 0.3) is 0 Å². The molecule has 0 fully saturated rings. The number of aromatic nitrogens is 1. The second-order valence-corrected chi connectivity index (χ2v) is 5.80. The Hall–Kier alpha value is -2.13. The fraction of sp³-hybridized carbons (Fsp3) is 0.167. The molecule has 3 aromatic rings. The van der Waals surface area contributed by atoms with Crippen molar-refractivity contribution >= 4 is 17.0 Å². The van der Waals surface area contributed by atoms with E-state index in [1.165, 1.54) is 16.8 Å². The molecule has 2 aromatic carbocycles. The first-order chi connectivity index (χ1) is 10.3. The summed E-state index contributed by atoms with van der Waals surface area (Å²) in [4.78, 5) is 5.84. The van der Waals surface area contributed by atoms with Crippen molar-refractivity contribution in [3.05, 3.63) is 70.3 Å².